The van der Waals surface area contributed by atoms with E-state index in [0.29, 0.717) is 12.5 Å². The number of esters is 1. The average Bonchev–Trinajstić information content (AvgIpc) is 1.92. The number of carbonyl (C=O) groups is 1. The second-order valence-corrected chi connectivity index (χ2v) is 5.07. The molecule has 0 saturated heterocycles. The molecule has 2 N–H and O–H groups in total. The Morgan fingerprint density at radius 1 is 1.50 bits per heavy atom. The molecule has 0 radical (unpaired) electrons. The van der Waals surface area contributed by atoms with Crippen LogP contribution in [0.5, 0.6) is 0 Å². The monoisotopic (exact) mass is 199 g/mol. The van der Waals surface area contributed by atoms with Crippen molar-refractivity contribution >= 4 is 5.97 Å². The largest absolute Gasteiger partial charge is 0.460 e. The summed E-state index contributed by atoms with van der Waals surface area (Å²) in [4.78, 5) is 11.7. The molecule has 0 aromatic heterocycles. The second kappa shape index (κ2) is 4.30. The molecule has 0 spiro atoms. The highest BCUT2D eigenvalue weighted by atomic mass is 16.6. The zero-order valence-electron chi connectivity index (χ0n) is 9.38. The predicted molar refractivity (Wildman–Crippen MR) is 55.7 cm³/mol. The summed E-state index contributed by atoms with van der Waals surface area (Å²) in [5.41, 5.74) is 5.21. The van der Waals surface area contributed by atoms with E-state index in [9.17, 15) is 4.79 Å². The molecule has 0 bridgehead atoms. The van der Waals surface area contributed by atoms with Crippen molar-refractivity contribution in [3.05, 3.63) is 0 Å². The van der Waals surface area contributed by atoms with Crippen molar-refractivity contribution in [2.45, 2.75) is 45.6 Å². The molecule has 1 atom stereocenters. The highest BCUT2D eigenvalue weighted by molar-refractivity contribution is 5.73. The molecule has 0 unspecified atom stereocenters. The highest BCUT2D eigenvalue weighted by Crippen LogP contribution is 2.34. The topological polar surface area (TPSA) is 52.3 Å². The summed E-state index contributed by atoms with van der Waals surface area (Å²) in [5, 5.41) is 0. The Morgan fingerprint density at radius 3 is 2.36 bits per heavy atom. The SMILES string of the molecule is CC(C)(C)OC(=O)[C@H](CN)C1CCC1. The first kappa shape index (κ1) is 11.5. The van der Waals surface area contributed by atoms with Gasteiger partial charge in [0.05, 0.1) is 5.92 Å². The van der Waals surface area contributed by atoms with E-state index in [0.717, 1.165) is 12.8 Å². The summed E-state index contributed by atoms with van der Waals surface area (Å²) in [6.07, 6.45) is 3.48. The van der Waals surface area contributed by atoms with Gasteiger partial charge in [0.25, 0.3) is 0 Å². The molecule has 1 rings (SSSR count). The minimum Gasteiger partial charge on any atom is -0.460 e. The molecule has 3 nitrogen and oxygen atoms in total. The van der Waals surface area contributed by atoms with E-state index in [1.165, 1.54) is 6.42 Å². The van der Waals surface area contributed by atoms with E-state index < -0.39 is 5.60 Å². The van der Waals surface area contributed by atoms with Gasteiger partial charge in [0, 0.05) is 6.54 Å². The summed E-state index contributed by atoms with van der Waals surface area (Å²) < 4.78 is 5.33. The Morgan fingerprint density at radius 2 is 2.07 bits per heavy atom. The maximum absolute atomic E-state index is 11.7. The van der Waals surface area contributed by atoms with E-state index in [2.05, 4.69) is 0 Å². The molecule has 82 valence electrons. The fourth-order valence-electron chi connectivity index (χ4n) is 1.70. The standard InChI is InChI=1S/C11H21NO2/c1-11(2,3)14-10(13)9(7-12)8-5-4-6-8/h8-9H,4-7,12H2,1-3H3/t9-/m1/s1. The summed E-state index contributed by atoms with van der Waals surface area (Å²) in [6.45, 7) is 6.08. The van der Waals surface area contributed by atoms with Gasteiger partial charge in [-0.1, -0.05) is 6.42 Å². The van der Waals surface area contributed by atoms with Crippen LogP contribution in [0.2, 0.25) is 0 Å². The molecule has 3 heteroatoms. The van der Waals surface area contributed by atoms with Gasteiger partial charge in [-0.05, 0) is 39.5 Å². The van der Waals surface area contributed by atoms with Crippen molar-refractivity contribution in [1.29, 1.82) is 0 Å². The van der Waals surface area contributed by atoms with Crippen molar-refractivity contribution in [2.75, 3.05) is 6.54 Å². The molecule has 1 saturated carbocycles. The second-order valence-electron chi connectivity index (χ2n) is 5.07. The van der Waals surface area contributed by atoms with Gasteiger partial charge in [-0.25, -0.2) is 0 Å². The van der Waals surface area contributed by atoms with Crippen LogP contribution in [-0.4, -0.2) is 18.1 Å². The van der Waals surface area contributed by atoms with E-state index in [-0.39, 0.29) is 11.9 Å². The Labute approximate surface area is 86.0 Å². The van der Waals surface area contributed by atoms with Gasteiger partial charge in [-0.3, -0.25) is 4.79 Å². The van der Waals surface area contributed by atoms with Crippen LogP contribution < -0.4 is 5.73 Å². The van der Waals surface area contributed by atoms with Crippen LogP contribution in [0.4, 0.5) is 0 Å². The quantitative estimate of drug-likeness (QED) is 0.704. The summed E-state index contributed by atoms with van der Waals surface area (Å²) >= 11 is 0. The highest BCUT2D eigenvalue weighted by Gasteiger charge is 2.34. The fraction of sp³-hybridized carbons (Fsp3) is 0.909. The Kier molecular flexibility index (Phi) is 3.53. The predicted octanol–water partition coefficient (Wildman–Crippen LogP) is 1.70. The minimum absolute atomic E-state index is 0.0806. The van der Waals surface area contributed by atoms with Crippen molar-refractivity contribution in [3.63, 3.8) is 0 Å². The first-order valence-electron chi connectivity index (χ1n) is 5.37. The van der Waals surface area contributed by atoms with Crippen molar-refractivity contribution in [3.8, 4) is 0 Å². The number of hydrogen-bond donors (Lipinski definition) is 1. The average molecular weight is 199 g/mol. The number of nitrogens with two attached hydrogens (primary N) is 1. The maximum atomic E-state index is 11.7. The van der Waals surface area contributed by atoms with Crippen LogP contribution in [0.3, 0.4) is 0 Å². The van der Waals surface area contributed by atoms with Crippen LogP contribution in [0.15, 0.2) is 0 Å². The van der Waals surface area contributed by atoms with Gasteiger partial charge < -0.3 is 10.5 Å². The van der Waals surface area contributed by atoms with Gasteiger partial charge in [0.1, 0.15) is 5.60 Å². The van der Waals surface area contributed by atoms with Crippen LogP contribution in [0, 0.1) is 11.8 Å². The molecule has 1 fully saturated rings. The molecule has 0 aromatic carbocycles. The van der Waals surface area contributed by atoms with E-state index >= 15 is 0 Å². The molecule has 0 amide bonds. The van der Waals surface area contributed by atoms with Crippen molar-refractivity contribution < 1.29 is 9.53 Å². The lowest BCUT2D eigenvalue weighted by Gasteiger charge is -2.33. The normalized spacial score (nSPS) is 20.0. The number of hydrogen-bond acceptors (Lipinski definition) is 3. The lowest BCUT2D eigenvalue weighted by Crippen LogP contribution is -2.39. The van der Waals surface area contributed by atoms with E-state index in [1.54, 1.807) is 0 Å². The Balaban J connectivity index is 2.47. The maximum Gasteiger partial charge on any atom is 0.311 e. The summed E-state index contributed by atoms with van der Waals surface area (Å²) in [5.74, 6) is 0.266. The zero-order valence-corrected chi connectivity index (χ0v) is 9.38. The van der Waals surface area contributed by atoms with Crippen molar-refractivity contribution in [2.24, 2.45) is 17.6 Å². The lowest BCUT2D eigenvalue weighted by molar-refractivity contribution is -0.162. The smallest absolute Gasteiger partial charge is 0.311 e. The van der Waals surface area contributed by atoms with Gasteiger partial charge in [-0.15, -0.1) is 0 Å². The summed E-state index contributed by atoms with van der Waals surface area (Å²) in [7, 11) is 0. The van der Waals surface area contributed by atoms with E-state index in [1.807, 2.05) is 20.8 Å². The fourth-order valence-corrected chi connectivity index (χ4v) is 1.70. The minimum atomic E-state index is -0.395. The zero-order chi connectivity index (χ0) is 10.8. The Bertz CT molecular complexity index is 204. The molecule has 0 heterocycles. The number of rotatable bonds is 3. The molecular weight excluding hydrogens is 178 g/mol. The molecule has 1 aliphatic rings. The lowest BCUT2D eigenvalue weighted by atomic mass is 9.76. The van der Waals surface area contributed by atoms with Crippen LogP contribution in [-0.2, 0) is 9.53 Å². The van der Waals surface area contributed by atoms with E-state index in [4.69, 9.17) is 10.5 Å². The van der Waals surface area contributed by atoms with Crippen LogP contribution >= 0.6 is 0 Å². The van der Waals surface area contributed by atoms with Crippen LogP contribution in [0.25, 0.3) is 0 Å². The van der Waals surface area contributed by atoms with Crippen LogP contribution in [0.1, 0.15) is 40.0 Å². The molecule has 0 aromatic rings. The first-order valence-corrected chi connectivity index (χ1v) is 5.37. The molecule has 1 aliphatic carbocycles. The first-order chi connectivity index (χ1) is 6.44. The van der Waals surface area contributed by atoms with Crippen molar-refractivity contribution in [1.82, 2.24) is 0 Å². The van der Waals surface area contributed by atoms with Gasteiger partial charge >= 0.3 is 5.97 Å². The third-order valence-electron chi connectivity index (χ3n) is 2.68. The summed E-state index contributed by atoms with van der Waals surface area (Å²) in [6, 6.07) is 0. The number of ether oxygens (including phenoxy) is 1. The third kappa shape index (κ3) is 2.98. The molecular formula is C11H21NO2. The molecule has 14 heavy (non-hydrogen) atoms. The van der Waals surface area contributed by atoms with Gasteiger partial charge in [0.2, 0.25) is 0 Å². The number of carbonyl (C=O) groups excluding carboxylic acids is 1. The van der Waals surface area contributed by atoms with Gasteiger partial charge in [-0.2, -0.15) is 0 Å². The third-order valence-corrected chi connectivity index (χ3v) is 2.68. The Hall–Kier alpha value is -0.570. The van der Waals surface area contributed by atoms with Gasteiger partial charge in [0.15, 0.2) is 0 Å². The molecule has 0 aliphatic heterocycles.